The van der Waals surface area contributed by atoms with Crippen LogP contribution in [0.3, 0.4) is 0 Å². The second-order valence-corrected chi connectivity index (χ2v) is 5.73. The van der Waals surface area contributed by atoms with Gasteiger partial charge in [-0.3, -0.25) is 9.59 Å². The van der Waals surface area contributed by atoms with Crippen LogP contribution in [0.5, 0.6) is 0 Å². The van der Waals surface area contributed by atoms with Crippen molar-refractivity contribution in [3.63, 3.8) is 0 Å². The molecule has 1 aromatic carbocycles. The second kappa shape index (κ2) is 8.64. The van der Waals surface area contributed by atoms with E-state index >= 15 is 0 Å². The summed E-state index contributed by atoms with van der Waals surface area (Å²) in [5.74, 6) is -0.216. The van der Waals surface area contributed by atoms with Crippen molar-refractivity contribution in [2.24, 2.45) is 5.73 Å². The van der Waals surface area contributed by atoms with E-state index in [4.69, 9.17) is 10.5 Å². The van der Waals surface area contributed by atoms with Gasteiger partial charge in [0.1, 0.15) is 6.10 Å². The summed E-state index contributed by atoms with van der Waals surface area (Å²) >= 11 is 0. The van der Waals surface area contributed by atoms with E-state index in [0.29, 0.717) is 31.6 Å². The Bertz CT molecular complexity index is 548. The fourth-order valence-electron chi connectivity index (χ4n) is 2.54. The zero-order valence-corrected chi connectivity index (χ0v) is 13.5. The SMILES string of the molecule is CCCNC(=O)c1cccc(CNC(=O)[C@@H]2CC[C@H](CN)O2)c1. The molecule has 1 aliphatic rings. The van der Waals surface area contributed by atoms with Gasteiger partial charge in [0, 0.05) is 25.2 Å². The molecule has 0 radical (unpaired) electrons. The smallest absolute Gasteiger partial charge is 0.251 e. The van der Waals surface area contributed by atoms with Crippen LogP contribution in [0.1, 0.15) is 42.1 Å². The minimum absolute atomic E-state index is 0.0173. The molecule has 0 aromatic heterocycles. The predicted octanol–water partition coefficient (Wildman–Crippen LogP) is 0.949. The van der Waals surface area contributed by atoms with Gasteiger partial charge in [-0.25, -0.2) is 0 Å². The molecule has 0 aliphatic carbocycles. The van der Waals surface area contributed by atoms with Gasteiger partial charge in [0.2, 0.25) is 5.91 Å². The highest BCUT2D eigenvalue weighted by molar-refractivity contribution is 5.94. The number of nitrogens with one attached hydrogen (secondary N) is 2. The molecule has 1 heterocycles. The van der Waals surface area contributed by atoms with Gasteiger partial charge in [-0.2, -0.15) is 0 Å². The van der Waals surface area contributed by atoms with Gasteiger partial charge in [0.25, 0.3) is 5.91 Å². The van der Waals surface area contributed by atoms with Crippen LogP contribution in [-0.4, -0.2) is 37.1 Å². The largest absolute Gasteiger partial charge is 0.364 e. The Morgan fingerprint density at radius 1 is 1.30 bits per heavy atom. The lowest BCUT2D eigenvalue weighted by molar-refractivity contribution is -0.132. The van der Waals surface area contributed by atoms with Crippen LogP contribution < -0.4 is 16.4 Å². The summed E-state index contributed by atoms with van der Waals surface area (Å²) in [5, 5.41) is 5.70. The summed E-state index contributed by atoms with van der Waals surface area (Å²) in [7, 11) is 0. The number of ether oxygens (including phenoxy) is 1. The van der Waals surface area contributed by atoms with Crippen molar-refractivity contribution in [3.05, 3.63) is 35.4 Å². The number of hydrogen-bond donors (Lipinski definition) is 3. The van der Waals surface area contributed by atoms with Gasteiger partial charge in [-0.05, 0) is 37.0 Å². The third kappa shape index (κ3) is 5.04. The van der Waals surface area contributed by atoms with Crippen molar-refractivity contribution in [1.29, 1.82) is 0 Å². The van der Waals surface area contributed by atoms with Gasteiger partial charge >= 0.3 is 0 Å². The van der Waals surface area contributed by atoms with Crippen molar-refractivity contribution in [1.82, 2.24) is 10.6 Å². The van der Waals surface area contributed by atoms with E-state index in [-0.39, 0.29) is 17.9 Å². The van der Waals surface area contributed by atoms with Crippen LogP contribution in [0.25, 0.3) is 0 Å². The van der Waals surface area contributed by atoms with E-state index < -0.39 is 6.10 Å². The van der Waals surface area contributed by atoms with Gasteiger partial charge < -0.3 is 21.1 Å². The number of carbonyl (C=O) groups excluding carboxylic acids is 2. The molecule has 1 saturated heterocycles. The monoisotopic (exact) mass is 319 g/mol. The molecule has 6 nitrogen and oxygen atoms in total. The molecule has 126 valence electrons. The summed E-state index contributed by atoms with van der Waals surface area (Å²) in [4.78, 5) is 24.0. The Morgan fingerprint density at radius 2 is 2.13 bits per heavy atom. The standard InChI is InChI=1S/C17H25N3O3/c1-2-8-19-16(21)13-5-3-4-12(9-13)11-20-17(22)15-7-6-14(10-18)23-15/h3-5,9,14-15H,2,6-8,10-11,18H2,1H3,(H,19,21)(H,20,22)/t14-,15+/m1/s1. The maximum atomic E-state index is 12.1. The molecule has 2 amide bonds. The normalized spacial score (nSPS) is 20.3. The number of amides is 2. The van der Waals surface area contributed by atoms with Crippen molar-refractivity contribution < 1.29 is 14.3 Å². The molecular formula is C17H25N3O3. The summed E-state index contributed by atoms with van der Waals surface area (Å²) in [6.45, 7) is 3.48. The van der Waals surface area contributed by atoms with Crippen molar-refractivity contribution in [2.75, 3.05) is 13.1 Å². The highest BCUT2D eigenvalue weighted by Crippen LogP contribution is 2.19. The number of nitrogens with two attached hydrogens (primary N) is 1. The fraction of sp³-hybridized carbons (Fsp3) is 0.529. The molecule has 1 fully saturated rings. The topological polar surface area (TPSA) is 93.5 Å². The summed E-state index contributed by atoms with van der Waals surface area (Å²) in [6.07, 6.45) is 1.98. The van der Waals surface area contributed by atoms with Crippen LogP contribution in [0.2, 0.25) is 0 Å². The lowest BCUT2D eigenvalue weighted by atomic mass is 10.1. The average Bonchev–Trinajstić information content (AvgIpc) is 3.07. The first-order valence-corrected chi connectivity index (χ1v) is 8.14. The van der Waals surface area contributed by atoms with Gasteiger partial charge in [-0.15, -0.1) is 0 Å². The van der Waals surface area contributed by atoms with Crippen molar-refractivity contribution in [3.8, 4) is 0 Å². The highest BCUT2D eigenvalue weighted by Gasteiger charge is 2.29. The van der Waals surface area contributed by atoms with Crippen LogP contribution in [0.15, 0.2) is 24.3 Å². The molecule has 1 aliphatic heterocycles. The van der Waals surface area contributed by atoms with Gasteiger partial charge in [-0.1, -0.05) is 19.1 Å². The highest BCUT2D eigenvalue weighted by atomic mass is 16.5. The maximum absolute atomic E-state index is 12.1. The maximum Gasteiger partial charge on any atom is 0.251 e. The summed E-state index contributed by atoms with van der Waals surface area (Å²) < 4.78 is 5.57. The molecule has 0 bridgehead atoms. The number of hydrogen-bond acceptors (Lipinski definition) is 4. The molecule has 2 atom stereocenters. The Hall–Kier alpha value is -1.92. The molecule has 1 aromatic rings. The van der Waals surface area contributed by atoms with Gasteiger partial charge in [0.05, 0.1) is 6.10 Å². The zero-order chi connectivity index (χ0) is 16.7. The van der Waals surface area contributed by atoms with E-state index in [2.05, 4.69) is 10.6 Å². The molecule has 2 rings (SSSR count). The Balaban J connectivity index is 1.86. The second-order valence-electron chi connectivity index (χ2n) is 5.73. The minimum atomic E-state index is -0.417. The number of benzene rings is 1. The van der Waals surface area contributed by atoms with Crippen LogP contribution in [-0.2, 0) is 16.1 Å². The first-order chi connectivity index (χ1) is 11.1. The van der Waals surface area contributed by atoms with Crippen LogP contribution in [0, 0.1) is 0 Å². The lowest BCUT2D eigenvalue weighted by Gasteiger charge is -2.13. The molecular weight excluding hydrogens is 294 g/mol. The zero-order valence-electron chi connectivity index (χ0n) is 13.5. The van der Waals surface area contributed by atoms with E-state index in [0.717, 1.165) is 18.4 Å². The Labute approximate surface area is 136 Å². The van der Waals surface area contributed by atoms with E-state index in [9.17, 15) is 9.59 Å². The molecule has 4 N–H and O–H groups in total. The Morgan fingerprint density at radius 3 is 2.83 bits per heavy atom. The quantitative estimate of drug-likeness (QED) is 0.697. The summed E-state index contributed by atoms with van der Waals surface area (Å²) in [5.41, 5.74) is 7.03. The van der Waals surface area contributed by atoms with Crippen molar-refractivity contribution in [2.45, 2.75) is 44.9 Å². The minimum Gasteiger partial charge on any atom is -0.364 e. The number of carbonyl (C=O) groups is 2. The first-order valence-electron chi connectivity index (χ1n) is 8.14. The van der Waals surface area contributed by atoms with Crippen molar-refractivity contribution >= 4 is 11.8 Å². The summed E-state index contributed by atoms with van der Waals surface area (Å²) in [6, 6.07) is 7.26. The average molecular weight is 319 g/mol. The molecule has 23 heavy (non-hydrogen) atoms. The van der Waals surface area contributed by atoms with E-state index in [1.165, 1.54) is 0 Å². The molecule has 0 saturated carbocycles. The van der Waals surface area contributed by atoms with E-state index in [1.54, 1.807) is 12.1 Å². The first kappa shape index (κ1) is 17.4. The van der Waals surface area contributed by atoms with Crippen LogP contribution in [0.4, 0.5) is 0 Å². The third-order valence-corrected chi connectivity index (χ3v) is 3.85. The van der Waals surface area contributed by atoms with Gasteiger partial charge in [0.15, 0.2) is 0 Å². The molecule has 6 heteroatoms. The van der Waals surface area contributed by atoms with E-state index in [1.807, 2.05) is 19.1 Å². The lowest BCUT2D eigenvalue weighted by Crippen LogP contribution is -2.35. The Kier molecular flexibility index (Phi) is 6.55. The molecule has 0 unspecified atom stereocenters. The fourth-order valence-corrected chi connectivity index (χ4v) is 2.54. The molecule has 0 spiro atoms. The number of rotatable bonds is 7. The predicted molar refractivity (Wildman–Crippen MR) is 87.9 cm³/mol. The van der Waals surface area contributed by atoms with Crippen LogP contribution >= 0.6 is 0 Å². The third-order valence-electron chi connectivity index (χ3n) is 3.85.